The second-order valence-corrected chi connectivity index (χ2v) is 3.60. The molecule has 0 aromatic carbocycles. The topological polar surface area (TPSA) is 25.8 Å². The lowest BCUT2D eigenvalue weighted by Crippen LogP contribution is -1.80. The molecule has 2 aromatic heterocycles. The summed E-state index contributed by atoms with van der Waals surface area (Å²) in [4.78, 5) is 8.14. The minimum atomic E-state index is 0.771. The second-order valence-electron chi connectivity index (χ2n) is 2.29. The fraction of sp³-hybridized carbons (Fsp3) is 0.143. The van der Waals surface area contributed by atoms with Gasteiger partial charge in [0.2, 0.25) is 0 Å². The van der Waals surface area contributed by atoms with E-state index in [1.54, 1.807) is 17.7 Å². The molecule has 2 aromatic rings. The Morgan fingerprint density at radius 1 is 1.45 bits per heavy atom. The quantitative estimate of drug-likeness (QED) is 0.499. The van der Waals surface area contributed by atoms with Crippen molar-refractivity contribution in [1.29, 1.82) is 0 Å². The van der Waals surface area contributed by atoms with Gasteiger partial charge >= 0.3 is 0 Å². The molecule has 0 unspecified atom stereocenters. The van der Waals surface area contributed by atoms with Crippen LogP contribution in [0.15, 0.2) is 16.7 Å². The lowest BCUT2D eigenvalue weighted by atomic mass is 10.3. The Kier molecular flexibility index (Phi) is 1.58. The van der Waals surface area contributed by atoms with Gasteiger partial charge in [-0.05, 0) is 17.9 Å². The SMILES string of the molecule is Cc1csc2c(S)ncnc12. The van der Waals surface area contributed by atoms with Crippen LogP contribution in [0.2, 0.25) is 0 Å². The molecule has 0 radical (unpaired) electrons. The van der Waals surface area contributed by atoms with Crippen LogP contribution >= 0.6 is 24.0 Å². The van der Waals surface area contributed by atoms with Crippen molar-refractivity contribution < 1.29 is 0 Å². The first kappa shape index (κ1) is 7.06. The van der Waals surface area contributed by atoms with Gasteiger partial charge in [-0.1, -0.05) is 0 Å². The molecule has 0 fully saturated rings. The third-order valence-electron chi connectivity index (χ3n) is 1.51. The van der Waals surface area contributed by atoms with Crippen LogP contribution in [-0.2, 0) is 0 Å². The smallest absolute Gasteiger partial charge is 0.117 e. The van der Waals surface area contributed by atoms with Crippen molar-refractivity contribution in [3.05, 3.63) is 17.3 Å². The highest BCUT2D eigenvalue weighted by Crippen LogP contribution is 2.26. The molecule has 0 bridgehead atoms. The van der Waals surface area contributed by atoms with Crippen molar-refractivity contribution in [1.82, 2.24) is 9.97 Å². The van der Waals surface area contributed by atoms with Crippen LogP contribution in [0, 0.1) is 6.92 Å². The summed E-state index contributed by atoms with van der Waals surface area (Å²) in [6.07, 6.45) is 1.55. The zero-order valence-corrected chi connectivity index (χ0v) is 7.62. The van der Waals surface area contributed by atoms with Gasteiger partial charge in [-0.2, -0.15) is 0 Å². The lowest BCUT2D eigenvalue weighted by Gasteiger charge is -1.91. The van der Waals surface area contributed by atoms with E-state index in [4.69, 9.17) is 0 Å². The van der Waals surface area contributed by atoms with Crippen LogP contribution in [0.4, 0.5) is 0 Å². The third-order valence-corrected chi connectivity index (χ3v) is 3.10. The van der Waals surface area contributed by atoms with Gasteiger partial charge in [0.05, 0.1) is 10.2 Å². The molecule has 2 rings (SSSR count). The molecular weight excluding hydrogens is 176 g/mol. The van der Waals surface area contributed by atoms with Gasteiger partial charge in [0.15, 0.2) is 0 Å². The van der Waals surface area contributed by atoms with E-state index in [0.717, 1.165) is 15.2 Å². The third kappa shape index (κ3) is 1.02. The monoisotopic (exact) mass is 182 g/mol. The fourth-order valence-electron chi connectivity index (χ4n) is 0.957. The maximum Gasteiger partial charge on any atom is 0.117 e. The van der Waals surface area contributed by atoms with E-state index in [1.807, 2.05) is 6.92 Å². The number of aryl methyl sites for hydroxylation is 1. The Labute approximate surface area is 73.7 Å². The normalized spacial score (nSPS) is 10.7. The van der Waals surface area contributed by atoms with Crippen LogP contribution in [0.5, 0.6) is 0 Å². The van der Waals surface area contributed by atoms with Crippen LogP contribution < -0.4 is 0 Å². The molecule has 0 saturated heterocycles. The number of hydrogen-bond donors (Lipinski definition) is 1. The van der Waals surface area contributed by atoms with Crippen LogP contribution in [-0.4, -0.2) is 9.97 Å². The van der Waals surface area contributed by atoms with E-state index >= 15 is 0 Å². The average Bonchev–Trinajstić information content (AvgIpc) is 2.35. The summed E-state index contributed by atoms with van der Waals surface area (Å²) in [5.41, 5.74) is 2.22. The summed E-state index contributed by atoms with van der Waals surface area (Å²) < 4.78 is 1.08. The zero-order chi connectivity index (χ0) is 7.84. The molecule has 0 N–H and O–H groups in total. The standard InChI is InChI=1S/C7H6N2S2/c1-4-2-11-6-5(4)8-3-9-7(6)10/h2-3H,1H3,(H,8,9,10). The predicted octanol–water partition coefficient (Wildman–Crippen LogP) is 2.29. The van der Waals surface area contributed by atoms with E-state index in [0.29, 0.717) is 0 Å². The van der Waals surface area contributed by atoms with Crippen LogP contribution in [0.3, 0.4) is 0 Å². The van der Waals surface area contributed by atoms with Crippen molar-refractivity contribution in [3.63, 3.8) is 0 Å². The summed E-state index contributed by atoms with van der Waals surface area (Å²) in [5, 5.41) is 2.84. The molecular formula is C7H6N2S2. The average molecular weight is 182 g/mol. The second kappa shape index (κ2) is 2.46. The minimum Gasteiger partial charge on any atom is -0.235 e. The maximum absolute atomic E-state index is 4.22. The maximum atomic E-state index is 4.22. The van der Waals surface area contributed by atoms with Gasteiger partial charge in [0, 0.05) is 0 Å². The molecule has 2 heterocycles. The summed E-state index contributed by atoms with van der Waals surface area (Å²) in [6, 6.07) is 0. The largest absolute Gasteiger partial charge is 0.235 e. The van der Waals surface area contributed by atoms with E-state index in [9.17, 15) is 0 Å². The van der Waals surface area contributed by atoms with Crippen LogP contribution in [0.1, 0.15) is 5.56 Å². The molecule has 11 heavy (non-hydrogen) atoms. The van der Waals surface area contributed by atoms with E-state index < -0.39 is 0 Å². The zero-order valence-electron chi connectivity index (χ0n) is 5.90. The molecule has 0 spiro atoms. The van der Waals surface area contributed by atoms with E-state index in [2.05, 4.69) is 28.0 Å². The highest BCUT2D eigenvalue weighted by Gasteiger charge is 2.03. The molecule has 2 nitrogen and oxygen atoms in total. The number of nitrogens with zero attached hydrogens (tertiary/aromatic N) is 2. The summed E-state index contributed by atoms with van der Waals surface area (Å²) in [6.45, 7) is 2.04. The van der Waals surface area contributed by atoms with Gasteiger partial charge in [-0.3, -0.25) is 0 Å². The molecule has 0 aliphatic rings. The number of aromatic nitrogens is 2. The number of hydrogen-bond acceptors (Lipinski definition) is 4. The van der Waals surface area contributed by atoms with Crippen molar-refractivity contribution in [2.75, 3.05) is 0 Å². The van der Waals surface area contributed by atoms with Gasteiger partial charge < -0.3 is 0 Å². The van der Waals surface area contributed by atoms with Crippen LogP contribution in [0.25, 0.3) is 10.2 Å². The van der Waals surface area contributed by atoms with Gasteiger partial charge in [0.25, 0.3) is 0 Å². The highest BCUT2D eigenvalue weighted by molar-refractivity contribution is 7.80. The van der Waals surface area contributed by atoms with E-state index in [1.165, 1.54) is 5.56 Å². The number of fused-ring (bicyclic) bond motifs is 1. The van der Waals surface area contributed by atoms with Gasteiger partial charge in [-0.25, -0.2) is 9.97 Å². The summed E-state index contributed by atoms with van der Waals surface area (Å²) in [5.74, 6) is 0. The Hall–Kier alpha value is -0.610. The fourth-order valence-corrected chi connectivity index (χ4v) is 2.16. The predicted molar refractivity (Wildman–Crippen MR) is 49.4 cm³/mol. The Morgan fingerprint density at radius 3 is 3.00 bits per heavy atom. The molecule has 4 heteroatoms. The van der Waals surface area contributed by atoms with Crippen molar-refractivity contribution in [2.45, 2.75) is 11.9 Å². The molecule has 0 aliphatic carbocycles. The lowest BCUT2D eigenvalue weighted by molar-refractivity contribution is 1.11. The van der Waals surface area contributed by atoms with Crippen molar-refractivity contribution >= 4 is 34.2 Å². The van der Waals surface area contributed by atoms with Crippen molar-refractivity contribution in [2.24, 2.45) is 0 Å². The molecule has 56 valence electrons. The molecule has 0 aliphatic heterocycles. The molecule has 0 saturated carbocycles. The van der Waals surface area contributed by atoms with E-state index in [-0.39, 0.29) is 0 Å². The first-order chi connectivity index (χ1) is 5.29. The van der Waals surface area contributed by atoms with Gasteiger partial charge in [-0.15, -0.1) is 24.0 Å². The summed E-state index contributed by atoms with van der Waals surface area (Å²) in [7, 11) is 0. The minimum absolute atomic E-state index is 0.771. The number of thiol groups is 1. The molecule has 0 atom stereocenters. The first-order valence-electron chi connectivity index (χ1n) is 3.17. The Bertz CT molecular complexity index is 394. The van der Waals surface area contributed by atoms with Gasteiger partial charge in [0.1, 0.15) is 11.4 Å². The highest BCUT2D eigenvalue weighted by atomic mass is 32.1. The summed E-state index contributed by atoms with van der Waals surface area (Å²) >= 11 is 5.86. The Morgan fingerprint density at radius 2 is 2.27 bits per heavy atom. The number of rotatable bonds is 0. The number of thiophene rings is 1. The first-order valence-corrected chi connectivity index (χ1v) is 4.49. The van der Waals surface area contributed by atoms with Crippen molar-refractivity contribution in [3.8, 4) is 0 Å². The molecule has 0 amide bonds. The Balaban J connectivity index is 2.94.